The van der Waals surface area contributed by atoms with Gasteiger partial charge in [0.15, 0.2) is 0 Å². The van der Waals surface area contributed by atoms with Gasteiger partial charge in [-0.1, -0.05) is 32.0 Å². The molecule has 0 unspecified atom stereocenters. The maximum absolute atomic E-state index is 13.5. The Hall–Kier alpha value is -2.91. The number of nitrogens with zero attached hydrogens (tertiary/aromatic N) is 2. The molecule has 1 N–H and O–H groups in total. The molecule has 1 heterocycles. The van der Waals surface area contributed by atoms with Gasteiger partial charge in [-0.3, -0.25) is 14.5 Å². The van der Waals surface area contributed by atoms with E-state index >= 15 is 0 Å². The molecule has 0 saturated carbocycles. The molecule has 0 bridgehead atoms. The van der Waals surface area contributed by atoms with E-state index in [1.54, 1.807) is 49.4 Å². The Labute approximate surface area is 201 Å². The molecule has 3 rings (SSSR count). The van der Waals surface area contributed by atoms with Crippen LogP contribution in [0.25, 0.3) is 0 Å². The quantitative estimate of drug-likeness (QED) is 0.587. The monoisotopic (exact) mass is 487 g/mol. The molecule has 2 aromatic rings. The van der Waals surface area contributed by atoms with E-state index in [1.165, 1.54) is 17.0 Å². The number of anilines is 1. The molecule has 2 aromatic carbocycles. The van der Waals surface area contributed by atoms with Crippen LogP contribution < -0.4 is 15.0 Å². The van der Waals surface area contributed by atoms with Crippen molar-refractivity contribution in [1.29, 1.82) is 0 Å². The molecular weight excluding hydrogens is 454 g/mol. The van der Waals surface area contributed by atoms with Crippen LogP contribution in [0, 0.1) is 5.92 Å². The number of carbonyl (C=O) groups is 2. The molecule has 0 radical (unpaired) electrons. The molecule has 34 heavy (non-hydrogen) atoms. The van der Waals surface area contributed by atoms with Crippen molar-refractivity contribution in [3.63, 3.8) is 0 Å². The summed E-state index contributed by atoms with van der Waals surface area (Å²) in [7, 11) is -3.97. The highest BCUT2D eigenvalue weighted by Gasteiger charge is 2.51. The average Bonchev–Trinajstić information content (AvgIpc) is 2.80. The maximum Gasteiger partial charge on any atom is 0.247 e. The van der Waals surface area contributed by atoms with Crippen molar-refractivity contribution in [2.24, 2.45) is 5.92 Å². The Bertz CT molecular complexity index is 1100. The number of hydrogen-bond donors (Lipinski definition) is 1. The Kier molecular flexibility index (Phi) is 7.99. The van der Waals surface area contributed by atoms with Gasteiger partial charge in [0.05, 0.1) is 18.0 Å². The van der Waals surface area contributed by atoms with Gasteiger partial charge in [-0.05, 0) is 62.6 Å². The Morgan fingerprint density at radius 1 is 1.12 bits per heavy atom. The van der Waals surface area contributed by atoms with Crippen molar-refractivity contribution < 1.29 is 22.7 Å². The van der Waals surface area contributed by atoms with Crippen molar-refractivity contribution in [1.82, 2.24) is 9.62 Å². The summed E-state index contributed by atoms with van der Waals surface area (Å²) in [6, 6.07) is 14.8. The van der Waals surface area contributed by atoms with Crippen LogP contribution in [0.4, 0.5) is 5.69 Å². The van der Waals surface area contributed by atoms with Crippen LogP contribution >= 0.6 is 0 Å². The van der Waals surface area contributed by atoms with Gasteiger partial charge < -0.3 is 10.1 Å². The van der Waals surface area contributed by atoms with E-state index in [4.69, 9.17) is 4.74 Å². The number of nitrogens with one attached hydrogen (secondary N) is 1. The predicted octanol–water partition coefficient (Wildman–Crippen LogP) is 3.04. The van der Waals surface area contributed by atoms with Gasteiger partial charge in [0.2, 0.25) is 21.8 Å². The van der Waals surface area contributed by atoms with Crippen LogP contribution in [0.3, 0.4) is 0 Å². The van der Waals surface area contributed by atoms with Crippen LogP contribution in [-0.2, 0) is 19.6 Å². The maximum atomic E-state index is 13.5. The highest BCUT2D eigenvalue weighted by atomic mass is 32.2. The summed E-state index contributed by atoms with van der Waals surface area (Å²) in [6.07, 6.45) is 0.769. The zero-order chi connectivity index (χ0) is 24.9. The number of benzene rings is 2. The number of hydrogen-bond acceptors (Lipinski definition) is 5. The standard InChI is InChI=1S/C25H33N3O5S/c1-5-33-21-13-11-20(12-14-21)28-23(29)17-27(34(31,32)22-9-7-6-8-10-22)18-25(28,4)24(30)26-16-15-19(2)3/h6-14,19H,5,15-18H2,1-4H3,(H,26,30)/t25-/m0/s1. The summed E-state index contributed by atoms with van der Waals surface area (Å²) >= 11 is 0. The molecule has 1 aliphatic rings. The molecule has 0 aromatic heterocycles. The lowest BCUT2D eigenvalue weighted by molar-refractivity contribution is -0.132. The minimum absolute atomic E-state index is 0.0832. The molecule has 0 spiro atoms. The van der Waals surface area contributed by atoms with Crippen LogP contribution in [-0.4, -0.2) is 56.3 Å². The first-order chi connectivity index (χ1) is 16.1. The van der Waals surface area contributed by atoms with Gasteiger partial charge in [0.25, 0.3) is 0 Å². The molecule has 1 fully saturated rings. The van der Waals surface area contributed by atoms with Crippen molar-refractivity contribution >= 4 is 27.5 Å². The summed E-state index contributed by atoms with van der Waals surface area (Å²) in [5.41, 5.74) is -0.937. The molecule has 2 amide bonds. The van der Waals surface area contributed by atoms with Crippen LogP contribution in [0.1, 0.15) is 34.1 Å². The van der Waals surface area contributed by atoms with Crippen molar-refractivity contribution in [2.45, 2.75) is 44.6 Å². The first-order valence-electron chi connectivity index (χ1n) is 11.5. The zero-order valence-corrected chi connectivity index (χ0v) is 21.0. The van der Waals surface area contributed by atoms with Gasteiger partial charge in [-0.25, -0.2) is 8.42 Å². The van der Waals surface area contributed by atoms with Gasteiger partial charge in [-0.2, -0.15) is 4.31 Å². The number of rotatable bonds is 9. The van der Waals surface area contributed by atoms with Crippen LogP contribution in [0.15, 0.2) is 59.5 Å². The van der Waals surface area contributed by atoms with Gasteiger partial charge in [-0.15, -0.1) is 0 Å². The molecule has 1 atom stereocenters. The van der Waals surface area contributed by atoms with Crippen molar-refractivity contribution in [2.75, 3.05) is 31.1 Å². The van der Waals surface area contributed by atoms with Gasteiger partial charge in [0.1, 0.15) is 11.3 Å². The summed E-state index contributed by atoms with van der Waals surface area (Å²) < 4.78 is 33.2. The zero-order valence-electron chi connectivity index (χ0n) is 20.2. The van der Waals surface area contributed by atoms with Crippen molar-refractivity contribution in [3.05, 3.63) is 54.6 Å². The summed E-state index contributed by atoms with van der Waals surface area (Å²) in [4.78, 5) is 28.4. The second-order valence-corrected chi connectivity index (χ2v) is 10.9. The van der Waals surface area contributed by atoms with E-state index in [2.05, 4.69) is 19.2 Å². The third-order valence-corrected chi connectivity index (χ3v) is 7.63. The van der Waals surface area contributed by atoms with E-state index < -0.39 is 27.4 Å². The third-order valence-electron chi connectivity index (χ3n) is 5.82. The van der Waals surface area contributed by atoms with E-state index in [0.717, 1.165) is 10.7 Å². The molecule has 0 aliphatic carbocycles. The first kappa shape index (κ1) is 25.7. The highest BCUT2D eigenvalue weighted by Crippen LogP contribution is 2.33. The molecule has 1 aliphatic heterocycles. The number of sulfonamides is 1. The smallest absolute Gasteiger partial charge is 0.247 e. The topological polar surface area (TPSA) is 96.0 Å². The third kappa shape index (κ3) is 5.42. The normalized spacial score (nSPS) is 19.3. The SMILES string of the molecule is CCOc1ccc(N2C(=O)CN(S(=O)(=O)c3ccccc3)C[C@@]2(C)C(=O)NCCC(C)C)cc1. The highest BCUT2D eigenvalue weighted by molar-refractivity contribution is 7.89. The second-order valence-electron chi connectivity index (χ2n) is 8.95. The summed E-state index contributed by atoms with van der Waals surface area (Å²) in [5.74, 6) is 0.158. The van der Waals surface area contributed by atoms with Gasteiger partial charge in [0, 0.05) is 18.8 Å². The number of carbonyl (C=O) groups excluding carboxylic acids is 2. The minimum Gasteiger partial charge on any atom is -0.494 e. The second kappa shape index (κ2) is 10.6. The van der Waals surface area contributed by atoms with Crippen molar-refractivity contribution in [3.8, 4) is 5.75 Å². The Morgan fingerprint density at radius 2 is 1.76 bits per heavy atom. The Morgan fingerprint density at radius 3 is 2.35 bits per heavy atom. The number of piperazine rings is 1. The lowest BCUT2D eigenvalue weighted by atomic mass is 9.94. The molecule has 1 saturated heterocycles. The molecule has 184 valence electrons. The fourth-order valence-electron chi connectivity index (χ4n) is 4.00. The largest absolute Gasteiger partial charge is 0.494 e. The van der Waals surface area contributed by atoms with Crippen LogP contribution in [0.5, 0.6) is 5.75 Å². The Balaban J connectivity index is 1.98. The van der Waals surface area contributed by atoms with E-state index in [1.807, 2.05) is 6.92 Å². The van der Waals surface area contributed by atoms with Crippen LogP contribution in [0.2, 0.25) is 0 Å². The fourth-order valence-corrected chi connectivity index (χ4v) is 5.50. The number of ether oxygens (including phenoxy) is 1. The minimum atomic E-state index is -3.97. The van der Waals surface area contributed by atoms with E-state index in [0.29, 0.717) is 30.5 Å². The average molecular weight is 488 g/mol. The first-order valence-corrected chi connectivity index (χ1v) is 12.9. The summed E-state index contributed by atoms with van der Waals surface area (Å²) in [6.45, 7) is 8.00. The number of amides is 2. The molecular formula is C25H33N3O5S. The molecule has 9 heteroatoms. The lowest BCUT2D eigenvalue weighted by Crippen LogP contribution is -2.70. The van der Waals surface area contributed by atoms with E-state index in [9.17, 15) is 18.0 Å². The fraction of sp³-hybridized carbons (Fsp3) is 0.440. The predicted molar refractivity (Wildman–Crippen MR) is 131 cm³/mol. The van der Waals surface area contributed by atoms with Gasteiger partial charge >= 0.3 is 0 Å². The lowest BCUT2D eigenvalue weighted by Gasteiger charge is -2.46. The molecule has 8 nitrogen and oxygen atoms in total. The summed E-state index contributed by atoms with van der Waals surface area (Å²) in [5, 5.41) is 2.91. The van der Waals surface area contributed by atoms with E-state index in [-0.39, 0.29) is 18.0 Å².